The van der Waals surface area contributed by atoms with E-state index in [1.54, 1.807) is 7.11 Å². The highest BCUT2D eigenvalue weighted by molar-refractivity contribution is 5.80. The highest BCUT2D eigenvalue weighted by Crippen LogP contribution is 2.44. The van der Waals surface area contributed by atoms with Gasteiger partial charge in [0.2, 0.25) is 5.91 Å². The number of carbonyl (C=O) groups is 1. The minimum atomic E-state index is -0.0217. The second-order valence-corrected chi connectivity index (χ2v) is 6.94. The van der Waals surface area contributed by atoms with Crippen LogP contribution >= 0.6 is 0 Å². The van der Waals surface area contributed by atoms with E-state index in [9.17, 15) is 4.79 Å². The van der Waals surface area contributed by atoms with Crippen LogP contribution in [0, 0.1) is 17.3 Å². The Hall–Kier alpha value is -0.610. The number of ether oxygens (including phenoxy) is 1. The summed E-state index contributed by atoms with van der Waals surface area (Å²) in [5, 5.41) is 3.18. The average Bonchev–Trinajstić information content (AvgIpc) is 2.30. The van der Waals surface area contributed by atoms with E-state index in [1.165, 1.54) is 0 Å². The largest absolute Gasteiger partial charge is 0.381 e. The third-order valence-electron chi connectivity index (χ3n) is 5.59. The van der Waals surface area contributed by atoms with Gasteiger partial charge in [-0.05, 0) is 37.0 Å². The van der Waals surface area contributed by atoms with Crippen molar-refractivity contribution in [2.24, 2.45) is 23.0 Å². The molecule has 4 heteroatoms. The van der Waals surface area contributed by atoms with Crippen molar-refractivity contribution in [1.29, 1.82) is 0 Å². The van der Waals surface area contributed by atoms with Gasteiger partial charge in [-0.2, -0.15) is 0 Å². The first-order valence-electron chi connectivity index (χ1n) is 7.45. The van der Waals surface area contributed by atoms with Crippen molar-refractivity contribution in [2.45, 2.75) is 64.6 Å². The van der Waals surface area contributed by atoms with Crippen molar-refractivity contribution < 1.29 is 9.53 Å². The minimum absolute atomic E-state index is 0.0217. The zero-order valence-corrected chi connectivity index (χ0v) is 12.6. The predicted molar refractivity (Wildman–Crippen MR) is 75.6 cm³/mol. The number of carbonyl (C=O) groups excluding carboxylic acids is 1. The summed E-state index contributed by atoms with van der Waals surface area (Å²) in [6, 6.07) is 0.528. The maximum absolute atomic E-state index is 12.5. The molecule has 2 rings (SSSR count). The fourth-order valence-electron chi connectivity index (χ4n) is 3.50. The van der Waals surface area contributed by atoms with Crippen LogP contribution in [0.1, 0.15) is 46.5 Å². The fourth-order valence-corrected chi connectivity index (χ4v) is 3.50. The third-order valence-corrected chi connectivity index (χ3v) is 5.59. The number of nitrogens with two attached hydrogens (primary N) is 1. The van der Waals surface area contributed by atoms with Gasteiger partial charge < -0.3 is 15.8 Å². The molecule has 2 aliphatic rings. The Morgan fingerprint density at radius 2 is 1.95 bits per heavy atom. The molecule has 0 spiro atoms. The molecular formula is C15H28N2O2. The maximum Gasteiger partial charge on any atom is 0.223 e. The van der Waals surface area contributed by atoms with Gasteiger partial charge in [0, 0.05) is 25.1 Å². The molecule has 0 heterocycles. The molecule has 0 aliphatic heterocycles. The van der Waals surface area contributed by atoms with Crippen molar-refractivity contribution in [3.8, 4) is 0 Å². The fraction of sp³-hybridized carbons (Fsp3) is 0.933. The van der Waals surface area contributed by atoms with Gasteiger partial charge in [0.1, 0.15) is 0 Å². The number of amides is 1. The van der Waals surface area contributed by atoms with Crippen LogP contribution in [0.2, 0.25) is 0 Å². The van der Waals surface area contributed by atoms with Crippen LogP contribution in [0.4, 0.5) is 0 Å². The van der Waals surface area contributed by atoms with E-state index in [2.05, 4.69) is 26.1 Å². The zero-order valence-electron chi connectivity index (χ0n) is 12.6. The van der Waals surface area contributed by atoms with E-state index in [0.29, 0.717) is 18.1 Å². The average molecular weight is 268 g/mol. The molecule has 2 fully saturated rings. The van der Waals surface area contributed by atoms with Crippen molar-refractivity contribution in [2.75, 3.05) is 7.11 Å². The van der Waals surface area contributed by atoms with Crippen LogP contribution in [-0.4, -0.2) is 31.2 Å². The summed E-state index contributed by atoms with van der Waals surface area (Å²) in [6.07, 6.45) is 4.09. The smallest absolute Gasteiger partial charge is 0.223 e. The topological polar surface area (TPSA) is 64.3 Å². The van der Waals surface area contributed by atoms with E-state index in [4.69, 9.17) is 10.5 Å². The number of nitrogens with one attached hydrogen (secondary N) is 1. The van der Waals surface area contributed by atoms with Crippen molar-refractivity contribution in [3.05, 3.63) is 0 Å². The molecule has 2 aliphatic carbocycles. The van der Waals surface area contributed by atoms with Gasteiger partial charge in [0.05, 0.1) is 6.10 Å². The van der Waals surface area contributed by atoms with E-state index >= 15 is 0 Å². The molecule has 19 heavy (non-hydrogen) atoms. The summed E-state index contributed by atoms with van der Waals surface area (Å²) in [5.41, 5.74) is 6.12. The summed E-state index contributed by atoms with van der Waals surface area (Å²) in [6.45, 7) is 6.54. The number of rotatable bonds is 3. The Morgan fingerprint density at radius 3 is 2.53 bits per heavy atom. The second-order valence-electron chi connectivity index (χ2n) is 6.94. The molecule has 0 radical (unpaired) electrons. The Morgan fingerprint density at radius 1 is 1.32 bits per heavy atom. The van der Waals surface area contributed by atoms with Crippen LogP contribution in [0.25, 0.3) is 0 Å². The minimum Gasteiger partial charge on any atom is -0.381 e. The molecule has 3 unspecified atom stereocenters. The summed E-state index contributed by atoms with van der Waals surface area (Å²) in [4.78, 5) is 12.5. The standard InChI is InChI=1S/C15H28N2O2/c1-9-13(16)6-5-12(15(9,2)3)14(18)17-10-7-11(8-10)19-4/h9-13H,5-8,16H2,1-4H3,(H,17,18). The SMILES string of the molecule is COC1CC(NC(=O)C2CCC(N)C(C)C2(C)C)C1. The molecule has 0 bridgehead atoms. The lowest BCUT2D eigenvalue weighted by molar-refractivity contribution is -0.134. The second kappa shape index (κ2) is 5.41. The Labute approximate surface area is 116 Å². The molecule has 0 aromatic carbocycles. The first kappa shape index (κ1) is 14.8. The predicted octanol–water partition coefficient (Wildman–Crippen LogP) is 1.68. The van der Waals surface area contributed by atoms with Crippen molar-refractivity contribution in [1.82, 2.24) is 5.32 Å². The number of methoxy groups -OCH3 is 1. The van der Waals surface area contributed by atoms with E-state index in [-0.39, 0.29) is 23.3 Å². The van der Waals surface area contributed by atoms with Crippen LogP contribution in [0.3, 0.4) is 0 Å². The summed E-state index contributed by atoms with van der Waals surface area (Å²) in [5.74, 6) is 0.678. The third kappa shape index (κ3) is 2.79. The van der Waals surface area contributed by atoms with Gasteiger partial charge in [-0.1, -0.05) is 20.8 Å². The van der Waals surface area contributed by atoms with Gasteiger partial charge in [-0.25, -0.2) is 0 Å². The molecule has 3 N–H and O–H groups in total. The van der Waals surface area contributed by atoms with E-state index in [1.807, 2.05) is 0 Å². The van der Waals surface area contributed by atoms with Gasteiger partial charge in [-0.15, -0.1) is 0 Å². The number of hydrogen-bond donors (Lipinski definition) is 2. The summed E-state index contributed by atoms with van der Waals surface area (Å²) >= 11 is 0. The Kier molecular flexibility index (Phi) is 4.21. The molecule has 0 aromatic rings. The summed E-state index contributed by atoms with van der Waals surface area (Å²) < 4.78 is 5.25. The lowest BCUT2D eigenvalue weighted by Gasteiger charge is -2.47. The first-order chi connectivity index (χ1) is 8.86. The maximum atomic E-state index is 12.5. The van der Waals surface area contributed by atoms with Crippen LogP contribution in [0.15, 0.2) is 0 Å². The van der Waals surface area contributed by atoms with Gasteiger partial charge >= 0.3 is 0 Å². The Bertz CT molecular complexity index is 337. The quantitative estimate of drug-likeness (QED) is 0.818. The number of hydrogen-bond acceptors (Lipinski definition) is 3. The lowest BCUT2D eigenvalue weighted by Crippen LogP contribution is -2.55. The van der Waals surface area contributed by atoms with Crippen LogP contribution in [-0.2, 0) is 9.53 Å². The lowest BCUT2D eigenvalue weighted by atomic mass is 9.61. The molecular weight excluding hydrogens is 240 g/mol. The van der Waals surface area contributed by atoms with E-state index in [0.717, 1.165) is 25.7 Å². The monoisotopic (exact) mass is 268 g/mol. The molecule has 1 amide bonds. The van der Waals surface area contributed by atoms with Crippen molar-refractivity contribution >= 4 is 5.91 Å². The Balaban J connectivity index is 1.92. The molecule has 3 atom stereocenters. The normalized spacial score (nSPS) is 41.4. The molecule has 0 aromatic heterocycles. The summed E-state index contributed by atoms with van der Waals surface area (Å²) in [7, 11) is 1.73. The zero-order chi connectivity index (χ0) is 14.2. The molecule has 110 valence electrons. The molecule has 0 saturated heterocycles. The first-order valence-corrected chi connectivity index (χ1v) is 7.45. The van der Waals surface area contributed by atoms with Gasteiger partial charge in [0.15, 0.2) is 0 Å². The van der Waals surface area contributed by atoms with E-state index < -0.39 is 0 Å². The highest BCUT2D eigenvalue weighted by atomic mass is 16.5. The van der Waals surface area contributed by atoms with Crippen molar-refractivity contribution in [3.63, 3.8) is 0 Å². The van der Waals surface area contributed by atoms with Crippen LogP contribution < -0.4 is 11.1 Å². The highest BCUT2D eigenvalue weighted by Gasteiger charge is 2.45. The molecule has 4 nitrogen and oxygen atoms in total. The van der Waals surface area contributed by atoms with Crippen LogP contribution in [0.5, 0.6) is 0 Å². The molecule has 2 saturated carbocycles. The van der Waals surface area contributed by atoms with Gasteiger partial charge in [-0.3, -0.25) is 4.79 Å². The van der Waals surface area contributed by atoms with Gasteiger partial charge in [0.25, 0.3) is 0 Å².